The molecule has 0 aromatic heterocycles. The van der Waals surface area contributed by atoms with Crippen molar-refractivity contribution in [3.63, 3.8) is 0 Å². The number of piperidine rings is 2. The van der Waals surface area contributed by atoms with E-state index < -0.39 is 6.04 Å². The summed E-state index contributed by atoms with van der Waals surface area (Å²) in [5.41, 5.74) is 2.91. The molecule has 0 spiro atoms. The van der Waals surface area contributed by atoms with Crippen molar-refractivity contribution < 1.29 is 14.4 Å². The first-order valence-electron chi connectivity index (χ1n) is 11.3. The third-order valence-corrected chi connectivity index (χ3v) is 6.62. The van der Waals surface area contributed by atoms with Crippen molar-refractivity contribution in [1.82, 2.24) is 20.4 Å². The molecule has 0 bridgehead atoms. The number of unbranched alkanes of at least 4 members (excludes halogenated alkanes) is 1. The maximum Gasteiger partial charge on any atom is 0.255 e. The van der Waals surface area contributed by atoms with Crippen LogP contribution < -0.4 is 10.6 Å². The minimum Gasteiger partial charge on any atom is -0.322 e. The lowest BCUT2D eigenvalue weighted by Crippen LogP contribution is -2.52. The van der Waals surface area contributed by atoms with Gasteiger partial charge in [0, 0.05) is 31.1 Å². The number of nitrogens with one attached hydrogen (secondary N) is 2. The summed E-state index contributed by atoms with van der Waals surface area (Å²) in [6.07, 6.45) is 5.44. The zero-order chi connectivity index (χ0) is 21.1. The fourth-order valence-electron chi connectivity index (χ4n) is 4.82. The van der Waals surface area contributed by atoms with E-state index >= 15 is 0 Å². The maximum absolute atomic E-state index is 13.0. The lowest BCUT2D eigenvalue weighted by Gasteiger charge is -2.33. The monoisotopic (exact) mass is 412 g/mol. The van der Waals surface area contributed by atoms with E-state index in [1.54, 1.807) is 4.90 Å². The lowest BCUT2D eigenvalue weighted by molar-refractivity contribution is -0.136. The van der Waals surface area contributed by atoms with Crippen LogP contribution in [0.2, 0.25) is 0 Å². The number of carbonyl (C=O) groups excluding carboxylic acids is 3. The number of carbonyl (C=O) groups is 3. The van der Waals surface area contributed by atoms with E-state index in [0.29, 0.717) is 24.6 Å². The molecule has 3 aliphatic heterocycles. The molecule has 3 aliphatic rings. The van der Waals surface area contributed by atoms with Gasteiger partial charge in [-0.15, -0.1) is 0 Å². The van der Waals surface area contributed by atoms with Gasteiger partial charge < -0.3 is 10.2 Å². The molecule has 3 heterocycles. The van der Waals surface area contributed by atoms with Crippen LogP contribution in [0.1, 0.15) is 66.9 Å². The van der Waals surface area contributed by atoms with E-state index in [1.807, 2.05) is 12.1 Å². The Morgan fingerprint density at radius 2 is 1.93 bits per heavy atom. The van der Waals surface area contributed by atoms with Crippen LogP contribution in [-0.2, 0) is 22.7 Å². The highest BCUT2D eigenvalue weighted by molar-refractivity contribution is 6.05. The Balaban J connectivity index is 1.39. The quantitative estimate of drug-likeness (QED) is 0.527. The fraction of sp³-hybridized carbons (Fsp3) is 0.609. The van der Waals surface area contributed by atoms with Crippen LogP contribution in [0.15, 0.2) is 18.2 Å². The topological polar surface area (TPSA) is 81.8 Å². The van der Waals surface area contributed by atoms with Crippen LogP contribution in [0.3, 0.4) is 0 Å². The van der Waals surface area contributed by atoms with Gasteiger partial charge in [-0.2, -0.15) is 0 Å². The van der Waals surface area contributed by atoms with Crippen molar-refractivity contribution in [3.05, 3.63) is 34.9 Å². The van der Waals surface area contributed by atoms with Crippen LogP contribution in [0, 0.1) is 0 Å². The Morgan fingerprint density at radius 3 is 2.67 bits per heavy atom. The molecule has 0 radical (unpaired) electrons. The second-order valence-corrected chi connectivity index (χ2v) is 8.70. The van der Waals surface area contributed by atoms with E-state index in [-0.39, 0.29) is 24.1 Å². The molecule has 1 aromatic carbocycles. The average molecular weight is 413 g/mol. The zero-order valence-corrected chi connectivity index (χ0v) is 17.8. The molecule has 7 heteroatoms. The highest BCUT2D eigenvalue weighted by Gasteiger charge is 2.39. The van der Waals surface area contributed by atoms with Crippen molar-refractivity contribution in [2.24, 2.45) is 0 Å². The Kier molecular flexibility index (Phi) is 6.49. The highest BCUT2D eigenvalue weighted by atomic mass is 16.2. The third kappa shape index (κ3) is 4.42. The molecule has 30 heavy (non-hydrogen) atoms. The van der Waals surface area contributed by atoms with Gasteiger partial charge in [-0.25, -0.2) is 0 Å². The Hall–Kier alpha value is -2.25. The molecular weight excluding hydrogens is 380 g/mol. The Bertz CT molecular complexity index is 817. The van der Waals surface area contributed by atoms with E-state index in [0.717, 1.165) is 44.6 Å². The largest absolute Gasteiger partial charge is 0.322 e. The summed E-state index contributed by atoms with van der Waals surface area (Å²) in [4.78, 5) is 40.8. The molecule has 162 valence electrons. The van der Waals surface area contributed by atoms with E-state index in [2.05, 4.69) is 28.5 Å². The normalized spacial score (nSPS) is 23.0. The van der Waals surface area contributed by atoms with Gasteiger partial charge in [0.2, 0.25) is 11.8 Å². The summed E-state index contributed by atoms with van der Waals surface area (Å²) >= 11 is 0. The molecule has 0 saturated carbocycles. The summed E-state index contributed by atoms with van der Waals surface area (Å²) in [5.74, 6) is -0.708. The van der Waals surface area contributed by atoms with E-state index in [1.165, 1.54) is 18.4 Å². The number of imide groups is 1. The zero-order valence-electron chi connectivity index (χ0n) is 17.8. The molecule has 7 nitrogen and oxygen atoms in total. The maximum atomic E-state index is 13.0. The second-order valence-electron chi connectivity index (χ2n) is 8.70. The minimum absolute atomic E-state index is 0.0971. The molecular formula is C23H32N4O3. The lowest BCUT2D eigenvalue weighted by atomic mass is 10.0. The molecule has 1 unspecified atom stereocenters. The van der Waals surface area contributed by atoms with Crippen molar-refractivity contribution >= 4 is 17.7 Å². The van der Waals surface area contributed by atoms with Gasteiger partial charge in [-0.05, 0) is 62.5 Å². The van der Waals surface area contributed by atoms with Gasteiger partial charge in [0.1, 0.15) is 6.04 Å². The first-order chi connectivity index (χ1) is 14.6. The van der Waals surface area contributed by atoms with Crippen LogP contribution in [0.5, 0.6) is 0 Å². The van der Waals surface area contributed by atoms with Gasteiger partial charge in [-0.3, -0.25) is 24.6 Å². The Morgan fingerprint density at radius 1 is 1.13 bits per heavy atom. The molecule has 2 saturated heterocycles. The average Bonchev–Trinajstić information content (AvgIpc) is 3.07. The van der Waals surface area contributed by atoms with Crippen molar-refractivity contribution in [1.29, 1.82) is 0 Å². The standard InChI is InChI=1S/C23H32N4O3/c1-2-3-11-24-17-9-12-26(13-10-17)14-16-5-4-6-18-19(16)15-27(23(18)30)20-7-8-21(28)25-22(20)29/h4-6,17,20,24H,2-3,7-15H2,1H3,(H,25,28,29). The van der Waals surface area contributed by atoms with Gasteiger partial charge in [0.05, 0.1) is 0 Å². The van der Waals surface area contributed by atoms with Gasteiger partial charge in [-0.1, -0.05) is 25.5 Å². The predicted molar refractivity (Wildman–Crippen MR) is 114 cm³/mol. The van der Waals surface area contributed by atoms with Gasteiger partial charge in [0.15, 0.2) is 0 Å². The predicted octanol–water partition coefficient (Wildman–Crippen LogP) is 1.80. The van der Waals surface area contributed by atoms with Gasteiger partial charge >= 0.3 is 0 Å². The summed E-state index contributed by atoms with van der Waals surface area (Å²) in [6.45, 7) is 6.71. The smallest absolute Gasteiger partial charge is 0.255 e. The van der Waals surface area contributed by atoms with Gasteiger partial charge in [0.25, 0.3) is 5.91 Å². The fourth-order valence-corrected chi connectivity index (χ4v) is 4.82. The molecule has 2 N–H and O–H groups in total. The number of hydrogen-bond acceptors (Lipinski definition) is 5. The van der Waals surface area contributed by atoms with E-state index in [4.69, 9.17) is 0 Å². The first-order valence-corrected chi connectivity index (χ1v) is 11.3. The third-order valence-electron chi connectivity index (χ3n) is 6.62. The van der Waals surface area contributed by atoms with Crippen LogP contribution in [0.4, 0.5) is 0 Å². The number of hydrogen-bond donors (Lipinski definition) is 2. The minimum atomic E-state index is -0.555. The first kappa shape index (κ1) is 21.0. The summed E-state index contributed by atoms with van der Waals surface area (Å²) in [5, 5.41) is 6.03. The molecule has 2 fully saturated rings. The summed E-state index contributed by atoms with van der Waals surface area (Å²) in [7, 11) is 0. The summed E-state index contributed by atoms with van der Waals surface area (Å²) < 4.78 is 0. The highest BCUT2D eigenvalue weighted by Crippen LogP contribution is 2.30. The molecule has 1 atom stereocenters. The summed E-state index contributed by atoms with van der Waals surface area (Å²) in [6, 6.07) is 5.96. The number of benzene rings is 1. The number of fused-ring (bicyclic) bond motifs is 1. The second kappa shape index (κ2) is 9.27. The Labute approximate surface area is 178 Å². The molecule has 4 rings (SSSR count). The van der Waals surface area contributed by atoms with Crippen molar-refractivity contribution in [2.75, 3.05) is 19.6 Å². The SMILES string of the molecule is CCCCNC1CCN(Cc2cccc3c2CN(C2CCC(=O)NC2=O)C3=O)CC1. The van der Waals surface area contributed by atoms with Crippen molar-refractivity contribution in [3.8, 4) is 0 Å². The van der Waals surface area contributed by atoms with Crippen LogP contribution >= 0.6 is 0 Å². The molecule has 1 aromatic rings. The number of rotatable bonds is 7. The number of likely N-dealkylation sites (tertiary alicyclic amines) is 1. The number of nitrogens with zero attached hydrogens (tertiary/aromatic N) is 2. The van der Waals surface area contributed by atoms with Crippen LogP contribution in [0.25, 0.3) is 0 Å². The van der Waals surface area contributed by atoms with E-state index in [9.17, 15) is 14.4 Å². The molecule has 0 aliphatic carbocycles. The van der Waals surface area contributed by atoms with Crippen molar-refractivity contribution in [2.45, 2.75) is 70.6 Å². The molecule has 3 amide bonds. The van der Waals surface area contributed by atoms with Crippen LogP contribution in [-0.4, -0.2) is 59.2 Å². The number of amides is 3.